The van der Waals surface area contributed by atoms with E-state index in [9.17, 15) is 8.42 Å². The lowest BCUT2D eigenvalue weighted by molar-refractivity contribution is 0.457. The van der Waals surface area contributed by atoms with E-state index in [0.717, 1.165) is 13.0 Å². The second-order valence-electron chi connectivity index (χ2n) is 4.82. The molecular weight excluding hydrogens is 292 g/mol. The number of nitrogens with one attached hydrogen (secondary N) is 2. The van der Waals surface area contributed by atoms with Gasteiger partial charge in [0.25, 0.3) is 10.0 Å². The van der Waals surface area contributed by atoms with Crippen LogP contribution in [0.1, 0.15) is 24.9 Å². The highest BCUT2D eigenvalue weighted by atomic mass is 32.2. The Morgan fingerprint density at radius 2 is 2.19 bits per heavy atom. The van der Waals surface area contributed by atoms with Crippen LogP contribution in [0.15, 0.2) is 27.8 Å². The molecule has 2 aromatic rings. The highest BCUT2D eigenvalue weighted by Gasteiger charge is 2.22. The maximum Gasteiger partial charge on any atom is 0.265 e. The van der Waals surface area contributed by atoms with E-state index in [-0.39, 0.29) is 4.90 Å². The topological polar surface area (TPSA) is 89.2 Å². The summed E-state index contributed by atoms with van der Waals surface area (Å²) in [4.78, 5) is 0.152. The Kier molecular flexibility index (Phi) is 4.69. The first-order valence-corrected chi connectivity index (χ1v) is 8.22. The first-order valence-electron chi connectivity index (χ1n) is 6.74. The lowest BCUT2D eigenvalue weighted by Gasteiger charge is -2.03. The first-order chi connectivity index (χ1) is 9.92. The van der Waals surface area contributed by atoms with Gasteiger partial charge in [0.15, 0.2) is 0 Å². The Morgan fingerprint density at radius 3 is 2.81 bits per heavy atom. The molecule has 0 saturated carbocycles. The summed E-state index contributed by atoms with van der Waals surface area (Å²) in [7, 11) is -1.94. The van der Waals surface area contributed by atoms with E-state index in [1.54, 1.807) is 26.2 Å². The lowest BCUT2D eigenvalue weighted by Crippen LogP contribution is -2.14. The van der Waals surface area contributed by atoms with E-state index in [4.69, 9.17) is 4.42 Å². The van der Waals surface area contributed by atoms with Gasteiger partial charge in [-0.3, -0.25) is 9.40 Å². The quantitative estimate of drug-likeness (QED) is 0.758. The molecule has 0 aliphatic rings. The molecule has 7 nitrogen and oxygen atoms in total. The summed E-state index contributed by atoms with van der Waals surface area (Å²) in [5.74, 6) is 0.979. The van der Waals surface area contributed by atoms with Crippen molar-refractivity contribution in [3.05, 3.63) is 30.0 Å². The summed E-state index contributed by atoms with van der Waals surface area (Å²) >= 11 is 0. The fourth-order valence-electron chi connectivity index (χ4n) is 1.95. The van der Waals surface area contributed by atoms with Crippen LogP contribution >= 0.6 is 0 Å². The van der Waals surface area contributed by atoms with Gasteiger partial charge in [0.05, 0.1) is 18.4 Å². The van der Waals surface area contributed by atoms with Crippen molar-refractivity contribution >= 4 is 15.7 Å². The third-order valence-corrected chi connectivity index (χ3v) is 4.38. The summed E-state index contributed by atoms with van der Waals surface area (Å²) in [6.07, 6.45) is 4.06. The summed E-state index contributed by atoms with van der Waals surface area (Å²) < 4.78 is 34.2. The Balaban J connectivity index is 2.16. The molecule has 0 fully saturated rings. The van der Waals surface area contributed by atoms with E-state index in [0.29, 0.717) is 23.8 Å². The molecule has 0 atom stereocenters. The average Bonchev–Trinajstić information content (AvgIpc) is 2.96. The van der Waals surface area contributed by atoms with Crippen LogP contribution in [0.2, 0.25) is 0 Å². The monoisotopic (exact) mass is 312 g/mol. The standard InChI is InChI=1S/C13H20N4O3S/c1-4-5-14-8-12-6-13(10(2)20-12)21(18,19)16-11-7-15-17(3)9-11/h6-7,9,14,16H,4-5,8H2,1-3H3. The van der Waals surface area contributed by atoms with Gasteiger partial charge in [0.1, 0.15) is 16.4 Å². The average molecular weight is 312 g/mol. The number of aryl methyl sites for hydroxylation is 2. The largest absolute Gasteiger partial charge is 0.464 e. The minimum atomic E-state index is -3.67. The molecule has 0 bridgehead atoms. The molecule has 2 aromatic heterocycles. The maximum atomic E-state index is 12.3. The van der Waals surface area contributed by atoms with Gasteiger partial charge >= 0.3 is 0 Å². The summed E-state index contributed by atoms with van der Waals surface area (Å²) in [6, 6.07) is 1.55. The van der Waals surface area contributed by atoms with Crippen LogP contribution in [0.4, 0.5) is 5.69 Å². The van der Waals surface area contributed by atoms with Gasteiger partial charge in [0.2, 0.25) is 0 Å². The van der Waals surface area contributed by atoms with Crippen molar-refractivity contribution in [3.8, 4) is 0 Å². The van der Waals surface area contributed by atoms with Crippen LogP contribution < -0.4 is 10.0 Å². The van der Waals surface area contributed by atoms with Gasteiger partial charge in [-0.25, -0.2) is 8.42 Å². The number of rotatable bonds is 7. The zero-order chi connectivity index (χ0) is 15.5. The minimum Gasteiger partial charge on any atom is -0.464 e. The molecule has 0 aromatic carbocycles. The van der Waals surface area contributed by atoms with Gasteiger partial charge in [-0.2, -0.15) is 5.10 Å². The van der Waals surface area contributed by atoms with Crippen LogP contribution in [-0.2, 0) is 23.6 Å². The molecule has 0 amide bonds. The van der Waals surface area contributed by atoms with Gasteiger partial charge in [-0.05, 0) is 19.9 Å². The highest BCUT2D eigenvalue weighted by Crippen LogP contribution is 2.22. The number of hydrogen-bond donors (Lipinski definition) is 2. The van der Waals surface area contributed by atoms with Gasteiger partial charge < -0.3 is 9.73 Å². The molecule has 0 saturated heterocycles. The SMILES string of the molecule is CCCNCc1cc(S(=O)(=O)Nc2cnn(C)c2)c(C)o1. The van der Waals surface area contributed by atoms with Crippen molar-refractivity contribution in [1.29, 1.82) is 0 Å². The molecule has 0 radical (unpaired) electrons. The molecule has 2 N–H and O–H groups in total. The predicted molar refractivity (Wildman–Crippen MR) is 79.5 cm³/mol. The zero-order valence-electron chi connectivity index (χ0n) is 12.4. The fourth-order valence-corrected chi connectivity index (χ4v) is 3.18. The zero-order valence-corrected chi connectivity index (χ0v) is 13.2. The van der Waals surface area contributed by atoms with E-state index < -0.39 is 10.0 Å². The van der Waals surface area contributed by atoms with E-state index >= 15 is 0 Å². The Morgan fingerprint density at radius 1 is 1.43 bits per heavy atom. The van der Waals surface area contributed by atoms with Crippen LogP contribution in [0.3, 0.4) is 0 Å². The second-order valence-corrected chi connectivity index (χ2v) is 6.47. The van der Waals surface area contributed by atoms with Crippen molar-refractivity contribution in [2.45, 2.75) is 31.7 Å². The fraction of sp³-hybridized carbons (Fsp3) is 0.462. The predicted octanol–water partition coefficient (Wildman–Crippen LogP) is 1.62. The third kappa shape index (κ3) is 3.85. The molecule has 2 heterocycles. The van der Waals surface area contributed by atoms with Crippen LogP contribution in [0.5, 0.6) is 0 Å². The summed E-state index contributed by atoms with van der Waals surface area (Å²) in [6.45, 7) is 5.07. The van der Waals surface area contributed by atoms with Crippen molar-refractivity contribution < 1.29 is 12.8 Å². The van der Waals surface area contributed by atoms with Gasteiger partial charge in [-0.15, -0.1) is 0 Å². The summed E-state index contributed by atoms with van der Waals surface area (Å²) in [5.41, 5.74) is 0.420. The number of furan rings is 1. The van der Waals surface area contributed by atoms with Crippen molar-refractivity contribution in [1.82, 2.24) is 15.1 Å². The van der Waals surface area contributed by atoms with E-state index in [1.807, 2.05) is 0 Å². The van der Waals surface area contributed by atoms with Gasteiger partial charge in [0, 0.05) is 19.3 Å². The maximum absolute atomic E-state index is 12.3. The normalized spacial score (nSPS) is 11.8. The smallest absolute Gasteiger partial charge is 0.265 e. The van der Waals surface area contributed by atoms with Crippen LogP contribution in [-0.4, -0.2) is 24.7 Å². The highest BCUT2D eigenvalue weighted by molar-refractivity contribution is 7.92. The molecule has 21 heavy (non-hydrogen) atoms. The molecule has 8 heteroatoms. The van der Waals surface area contributed by atoms with Crippen LogP contribution in [0.25, 0.3) is 0 Å². The lowest BCUT2D eigenvalue weighted by atomic mass is 10.4. The van der Waals surface area contributed by atoms with E-state index in [2.05, 4.69) is 22.1 Å². The Labute approximate surface area is 124 Å². The number of sulfonamides is 1. The number of aromatic nitrogens is 2. The third-order valence-electron chi connectivity index (χ3n) is 2.90. The molecule has 0 spiro atoms. The van der Waals surface area contributed by atoms with Gasteiger partial charge in [-0.1, -0.05) is 6.92 Å². The molecular formula is C13H20N4O3S. The van der Waals surface area contributed by atoms with Crippen molar-refractivity contribution in [2.75, 3.05) is 11.3 Å². The minimum absolute atomic E-state index is 0.152. The molecule has 2 rings (SSSR count). The second kappa shape index (κ2) is 6.31. The van der Waals surface area contributed by atoms with Crippen molar-refractivity contribution in [3.63, 3.8) is 0 Å². The Bertz CT molecular complexity index is 703. The molecule has 0 unspecified atom stereocenters. The first kappa shape index (κ1) is 15.6. The Hall–Kier alpha value is -1.80. The van der Waals surface area contributed by atoms with E-state index in [1.165, 1.54) is 10.9 Å². The number of hydrogen-bond acceptors (Lipinski definition) is 5. The van der Waals surface area contributed by atoms with Crippen LogP contribution in [0, 0.1) is 6.92 Å². The van der Waals surface area contributed by atoms with Crippen molar-refractivity contribution in [2.24, 2.45) is 7.05 Å². The molecule has 116 valence electrons. The summed E-state index contributed by atoms with van der Waals surface area (Å²) in [5, 5.41) is 7.10. The molecule has 0 aliphatic carbocycles. The number of anilines is 1. The molecule has 0 aliphatic heterocycles. The number of nitrogens with zero attached hydrogens (tertiary/aromatic N) is 2.